The minimum absolute atomic E-state index is 0.0628. The molecule has 3 N–H and O–H groups in total. The molecule has 4 heteroatoms. The summed E-state index contributed by atoms with van der Waals surface area (Å²) < 4.78 is 5.41. The fourth-order valence-corrected chi connectivity index (χ4v) is 1.78. The number of aryl methyl sites for hydroxylation is 1. The number of carbonyl (C=O) groups excluding carboxylic acids is 1. The Morgan fingerprint density at radius 3 is 2.79 bits per heavy atom. The maximum Gasteiger partial charge on any atom is 0.291 e. The zero-order chi connectivity index (χ0) is 13.8. The van der Waals surface area contributed by atoms with Crippen LogP contribution in [0.4, 0.5) is 5.69 Å². The van der Waals surface area contributed by atoms with Crippen molar-refractivity contribution >= 4 is 11.6 Å². The predicted molar refractivity (Wildman–Crippen MR) is 75.1 cm³/mol. The summed E-state index contributed by atoms with van der Waals surface area (Å²) in [7, 11) is 0. The number of hydrogen-bond acceptors (Lipinski definition) is 3. The molecule has 1 atom stereocenters. The largest absolute Gasteiger partial charge is 0.456 e. The first kappa shape index (κ1) is 13.4. The fourth-order valence-electron chi connectivity index (χ4n) is 1.78. The van der Waals surface area contributed by atoms with Gasteiger partial charge in [0.15, 0.2) is 5.76 Å². The molecule has 0 aliphatic carbocycles. The summed E-state index contributed by atoms with van der Waals surface area (Å²) in [5, 5.41) is 2.80. The van der Waals surface area contributed by atoms with Crippen LogP contribution in [0.3, 0.4) is 0 Å². The van der Waals surface area contributed by atoms with E-state index in [1.165, 1.54) is 0 Å². The first-order valence-electron chi connectivity index (χ1n) is 6.35. The maximum atomic E-state index is 12.0. The number of nitrogens with one attached hydrogen (secondary N) is 1. The third-order valence-corrected chi connectivity index (χ3v) is 2.90. The topological polar surface area (TPSA) is 68.3 Å². The van der Waals surface area contributed by atoms with E-state index < -0.39 is 0 Å². The SMILES string of the molecule is CCc1ccc(C(=O)Nc2cccc(C(C)N)c2)o1. The van der Waals surface area contributed by atoms with Crippen molar-refractivity contribution in [3.05, 3.63) is 53.5 Å². The van der Waals surface area contributed by atoms with Crippen LogP contribution in [0.1, 0.15) is 41.8 Å². The first-order valence-corrected chi connectivity index (χ1v) is 6.35. The molecule has 0 radical (unpaired) electrons. The highest BCUT2D eigenvalue weighted by atomic mass is 16.3. The average molecular weight is 258 g/mol. The zero-order valence-electron chi connectivity index (χ0n) is 11.1. The van der Waals surface area contributed by atoms with Gasteiger partial charge in [0.1, 0.15) is 5.76 Å². The molecule has 0 saturated carbocycles. The van der Waals surface area contributed by atoms with E-state index in [0.717, 1.165) is 17.7 Å². The summed E-state index contributed by atoms with van der Waals surface area (Å²) in [5.74, 6) is 0.874. The van der Waals surface area contributed by atoms with Crippen molar-refractivity contribution in [2.75, 3.05) is 5.32 Å². The van der Waals surface area contributed by atoms with Gasteiger partial charge in [-0.15, -0.1) is 0 Å². The number of rotatable bonds is 4. The van der Waals surface area contributed by atoms with Gasteiger partial charge in [0.05, 0.1) is 0 Å². The Morgan fingerprint density at radius 1 is 1.37 bits per heavy atom. The Morgan fingerprint density at radius 2 is 2.16 bits per heavy atom. The minimum atomic E-state index is -0.249. The van der Waals surface area contributed by atoms with E-state index in [2.05, 4.69) is 5.32 Å². The van der Waals surface area contributed by atoms with E-state index in [-0.39, 0.29) is 11.9 Å². The van der Waals surface area contributed by atoms with Gasteiger partial charge in [-0.3, -0.25) is 4.79 Å². The number of anilines is 1. The number of hydrogen-bond donors (Lipinski definition) is 2. The molecule has 1 unspecified atom stereocenters. The average Bonchev–Trinajstić information content (AvgIpc) is 2.88. The molecule has 1 heterocycles. The molecule has 2 aromatic rings. The Balaban J connectivity index is 2.12. The van der Waals surface area contributed by atoms with Crippen LogP contribution in [-0.4, -0.2) is 5.91 Å². The zero-order valence-corrected chi connectivity index (χ0v) is 11.1. The van der Waals surface area contributed by atoms with Crippen LogP contribution >= 0.6 is 0 Å². The van der Waals surface area contributed by atoms with Gasteiger partial charge in [0.2, 0.25) is 0 Å². The summed E-state index contributed by atoms with van der Waals surface area (Å²) >= 11 is 0. The quantitative estimate of drug-likeness (QED) is 0.885. The highest BCUT2D eigenvalue weighted by Gasteiger charge is 2.11. The Hall–Kier alpha value is -2.07. The molecular formula is C15H18N2O2. The number of benzene rings is 1. The van der Waals surface area contributed by atoms with Gasteiger partial charge in [0.25, 0.3) is 5.91 Å². The summed E-state index contributed by atoms with van der Waals surface area (Å²) in [6.07, 6.45) is 0.771. The minimum Gasteiger partial charge on any atom is -0.456 e. The first-order chi connectivity index (χ1) is 9.10. The second kappa shape index (κ2) is 5.71. The van der Waals surface area contributed by atoms with Crippen LogP contribution in [0.5, 0.6) is 0 Å². The maximum absolute atomic E-state index is 12.0. The van der Waals surface area contributed by atoms with E-state index in [0.29, 0.717) is 11.4 Å². The third kappa shape index (κ3) is 3.23. The van der Waals surface area contributed by atoms with E-state index in [1.54, 1.807) is 6.07 Å². The molecule has 0 bridgehead atoms. The lowest BCUT2D eigenvalue weighted by atomic mass is 10.1. The Kier molecular flexibility index (Phi) is 4.02. The highest BCUT2D eigenvalue weighted by molar-refractivity contribution is 6.02. The van der Waals surface area contributed by atoms with Crippen molar-refractivity contribution in [1.82, 2.24) is 0 Å². The number of amides is 1. The van der Waals surface area contributed by atoms with Gasteiger partial charge in [-0.2, -0.15) is 0 Å². The van der Waals surface area contributed by atoms with E-state index >= 15 is 0 Å². The second-order valence-corrected chi connectivity index (χ2v) is 4.49. The van der Waals surface area contributed by atoms with Gasteiger partial charge in [0, 0.05) is 18.2 Å². The number of nitrogens with two attached hydrogens (primary N) is 1. The summed E-state index contributed by atoms with van der Waals surface area (Å²) in [6.45, 7) is 3.88. The van der Waals surface area contributed by atoms with E-state index in [1.807, 2.05) is 44.2 Å². The van der Waals surface area contributed by atoms with Crippen LogP contribution in [0.25, 0.3) is 0 Å². The van der Waals surface area contributed by atoms with Crippen molar-refractivity contribution in [3.8, 4) is 0 Å². The van der Waals surface area contributed by atoms with E-state index in [4.69, 9.17) is 10.2 Å². The molecule has 1 aromatic carbocycles. The van der Waals surface area contributed by atoms with Crippen molar-refractivity contribution < 1.29 is 9.21 Å². The normalized spacial score (nSPS) is 12.2. The van der Waals surface area contributed by atoms with Crippen molar-refractivity contribution in [1.29, 1.82) is 0 Å². The molecule has 4 nitrogen and oxygen atoms in total. The molecule has 0 fully saturated rings. The molecule has 2 rings (SSSR count). The second-order valence-electron chi connectivity index (χ2n) is 4.49. The molecule has 0 saturated heterocycles. The molecule has 0 aliphatic heterocycles. The summed E-state index contributed by atoms with van der Waals surface area (Å²) in [5.41, 5.74) is 7.51. The molecule has 1 amide bonds. The predicted octanol–water partition coefficient (Wildman–Crippen LogP) is 3.11. The molecular weight excluding hydrogens is 240 g/mol. The van der Waals surface area contributed by atoms with Gasteiger partial charge in [-0.25, -0.2) is 0 Å². The smallest absolute Gasteiger partial charge is 0.291 e. The molecule has 1 aromatic heterocycles. The van der Waals surface area contributed by atoms with Crippen LogP contribution in [0.2, 0.25) is 0 Å². The van der Waals surface area contributed by atoms with Crippen LogP contribution in [0.15, 0.2) is 40.8 Å². The summed E-state index contributed by atoms with van der Waals surface area (Å²) in [4.78, 5) is 12.0. The highest BCUT2D eigenvalue weighted by Crippen LogP contribution is 2.17. The lowest BCUT2D eigenvalue weighted by Crippen LogP contribution is -2.12. The van der Waals surface area contributed by atoms with E-state index in [9.17, 15) is 4.79 Å². The standard InChI is InChI=1S/C15H18N2O2/c1-3-13-7-8-14(19-13)15(18)17-12-6-4-5-11(9-12)10(2)16/h4-10H,3,16H2,1-2H3,(H,17,18). The third-order valence-electron chi connectivity index (χ3n) is 2.90. The van der Waals surface area contributed by atoms with Gasteiger partial charge < -0.3 is 15.5 Å². The molecule has 0 aliphatic rings. The number of furan rings is 1. The van der Waals surface area contributed by atoms with Crippen LogP contribution < -0.4 is 11.1 Å². The van der Waals surface area contributed by atoms with Crippen LogP contribution in [-0.2, 0) is 6.42 Å². The van der Waals surface area contributed by atoms with Crippen LogP contribution in [0, 0.1) is 0 Å². The lowest BCUT2D eigenvalue weighted by Gasteiger charge is -2.08. The Bertz CT molecular complexity index is 573. The van der Waals surface area contributed by atoms with Crippen molar-refractivity contribution in [2.24, 2.45) is 5.73 Å². The van der Waals surface area contributed by atoms with Gasteiger partial charge in [-0.05, 0) is 36.8 Å². The lowest BCUT2D eigenvalue weighted by molar-refractivity contribution is 0.0995. The molecule has 0 spiro atoms. The van der Waals surface area contributed by atoms with Crippen molar-refractivity contribution in [3.63, 3.8) is 0 Å². The monoisotopic (exact) mass is 258 g/mol. The molecule has 19 heavy (non-hydrogen) atoms. The molecule has 100 valence electrons. The number of carbonyl (C=O) groups is 1. The van der Waals surface area contributed by atoms with Gasteiger partial charge in [-0.1, -0.05) is 19.1 Å². The Labute approximate surface area is 112 Å². The van der Waals surface area contributed by atoms with Gasteiger partial charge >= 0.3 is 0 Å². The summed E-state index contributed by atoms with van der Waals surface area (Å²) in [6, 6.07) is 10.9. The fraction of sp³-hybridized carbons (Fsp3) is 0.267. The van der Waals surface area contributed by atoms with Crippen molar-refractivity contribution in [2.45, 2.75) is 26.3 Å².